The molecule has 5 aliphatic heterocycles. The van der Waals surface area contributed by atoms with Gasteiger partial charge in [-0.1, -0.05) is 59.8 Å². The molecule has 17 atom stereocenters. The summed E-state index contributed by atoms with van der Waals surface area (Å²) in [6, 6.07) is 0. The number of hydrogen-bond donors (Lipinski definition) is 1. The predicted molar refractivity (Wildman–Crippen MR) is 210 cm³/mol. The summed E-state index contributed by atoms with van der Waals surface area (Å²) in [5.74, 6) is -4.27. The molecule has 16 nitrogen and oxygen atoms in total. The van der Waals surface area contributed by atoms with Gasteiger partial charge in [-0.25, -0.2) is 0 Å². The molecule has 5 fully saturated rings. The first kappa shape index (κ1) is 47.7. The summed E-state index contributed by atoms with van der Waals surface area (Å²) in [5.41, 5.74) is -0.811. The van der Waals surface area contributed by atoms with E-state index in [0.717, 1.165) is 0 Å². The van der Waals surface area contributed by atoms with Crippen LogP contribution < -0.4 is 0 Å². The minimum absolute atomic E-state index is 0.112. The zero-order valence-corrected chi connectivity index (χ0v) is 36.7. The number of rotatable bonds is 12. The fraction of sp³-hybridized carbons (Fsp3) is 0.837. The van der Waals surface area contributed by atoms with E-state index in [1.807, 2.05) is 52.0 Å². The Labute approximate surface area is 348 Å². The van der Waals surface area contributed by atoms with Crippen LogP contribution in [0.15, 0.2) is 24.3 Å². The largest absolute Gasteiger partial charge is 0.457 e. The summed E-state index contributed by atoms with van der Waals surface area (Å²) in [7, 11) is 6.08. The lowest BCUT2D eigenvalue weighted by Gasteiger charge is -2.48. The number of ketones is 1. The second kappa shape index (κ2) is 20.2. The van der Waals surface area contributed by atoms with Crippen molar-refractivity contribution in [3.05, 3.63) is 24.3 Å². The van der Waals surface area contributed by atoms with Crippen molar-refractivity contribution in [2.24, 2.45) is 23.2 Å². The molecule has 5 aliphatic rings. The van der Waals surface area contributed by atoms with E-state index in [1.165, 1.54) is 21.1 Å². The van der Waals surface area contributed by atoms with E-state index in [2.05, 4.69) is 13.8 Å². The van der Waals surface area contributed by atoms with E-state index in [4.69, 9.17) is 56.8 Å². The molecule has 5 heterocycles. The number of methoxy groups -OCH3 is 4. The smallest absolute Gasteiger partial charge is 0.309 e. The Hall–Kier alpha value is -2.35. The van der Waals surface area contributed by atoms with Gasteiger partial charge >= 0.3 is 11.9 Å². The number of ether oxygens (including phenoxy) is 12. The van der Waals surface area contributed by atoms with Gasteiger partial charge in [-0.3, -0.25) is 14.4 Å². The van der Waals surface area contributed by atoms with E-state index in [1.54, 1.807) is 21.1 Å². The molecule has 4 bridgehead atoms. The summed E-state index contributed by atoms with van der Waals surface area (Å²) >= 11 is 0. The Balaban J connectivity index is 1.42. The SMILES string of the molecule is COC1C(C)OC(OC2C(OC(C)=O)COC(OC3CC4CC(=O)C5(O)OC(CC5C)C(C)(C)C(C=CC=CC(C)C)OC(=O)CC(O4)C3C)C2OC)C(OC)C1OC. The van der Waals surface area contributed by atoms with Crippen molar-refractivity contribution in [3.63, 3.8) is 0 Å². The minimum atomic E-state index is -2.07. The number of aliphatic hydroxyl groups is 1. The molecule has 0 aromatic heterocycles. The van der Waals surface area contributed by atoms with Crippen molar-refractivity contribution in [2.75, 3.05) is 35.0 Å². The highest BCUT2D eigenvalue weighted by atomic mass is 16.8. The van der Waals surface area contributed by atoms with E-state index >= 15 is 0 Å². The third kappa shape index (κ3) is 10.6. The zero-order valence-electron chi connectivity index (χ0n) is 36.7. The minimum Gasteiger partial charge on any atom is -0.457 e. The molecule has 59 heavy (non-hydrogen) atoms. The van der Waals surface area contributed by atoms with Crippen molar-refractivity contribution in [3.8, 4) is 0 Å². The fourth-order valence-corrected chi connectivity index (χ4v) is 8.96. The van der Waals surface area contributed by atoms with Crippen molar-refractivity contribution in [1.82, 2.24) is 0 Å². The van der Waals surface area contributed by atoms with Crippen LogP contribution in [0.3, 0.4) is 0 Å². The number of hydrogen-bond acceptors (Lipinski definition) is 16. The van der Waals surface area contributed by atoms with Crippen molar-refractivity contribution >= 4 is 17.7 Å². The van der Waals surface area contributed by atoms with E-state index < -0.39 is 127 Å². The molecule has 0 spiro atoms. The molecular formula is C43H68O16. The molecule has 0 amide bonds. The Morgan fingerprint density at radius 3 is 2.12 bits per heavy atom. The van der Waals surface area contributed by atoms with Crippen LogP contribution in [0.1, 0.15) is 81.1 Å². The van der Waals surface area contributed by atoms with Gasteiger partial charge in [0.05, 0.1) is 43.5 Å². The predicted octanol–water partition coefficient (Wildman–Crippen LogP) is 3.83. The standard InChI is InChI=1S/C43H68O16/c1-22(2)15-13-14-16-32-42(7,8)33-17-23(3)43(47,59-33)31(45)19-27-18-28(24(4)29(55-27)20-34(46)57-32)56-40-38(50-11)36(30(21-52-40)54-26(6)44)58-41-39(51-12)37(49-10)35(48-9)25(5)53-41/h13-16,22-25,27-30,32-33,35-41,47H,17-21H2,1-12H3. The first-order chi connectivity index (χ1) is 27.9. The highest BCUT2D eigenvalue weighted by Crippen LogP contribution is 2.46. The van der Waals surface area contributed by atoms with Gasteiger partial charge < -0.3 is 61.9 Å². The summed E-state index contributed by atoms with van der Waals surface area (Å²) in [4.78, 5) is 40.3. The maximum atomic E-state index is 14.1. The Bertz CT molecular complexity index is 1480. The lowest BCUT2D eigenvalue weighted by atomic mass is 9.77. The molecule has 0 aromatic carbocycles. The van der Waals surface area contributed by atoms with E-state index in [0.29, 0.717) is 12.3 Å². The summed E-state index contributed by atoms with van der Waals surface area (Å²) in [6.07, 6.45) is -2.76. The lowest BCUT2D eigenvalue weighted by molar-refractivity contribution is -0.358. The highest BCUT2D eigenvalue weighted by Gasteiger charge is 2.57. The third-order valence-corrected chi connectivity index (χ3v) is 12.6. The van der Waals surface area contributed by atoms with Crippen molar-refractivity contribution in [2.45, 2.75) is 173 Å². The quantitative estimate of drug-likeness (QED) is 0.221. The van der Waals surface area contributed by atoms with Crippen LogP contribution in [0.2, 0.25) is 0 Å². The van der Waals surface area contributed by atoms with Crippen LogP contribution in [-0.4, -0.2) is 149 Å². The van der Waals surface area contributed by atoms with Gasteiger partial charge in [-0.2, -0.15) is 0 Å². The van der Waals surface area contributed by atoms with Gasteiger partial charge in [0.2, 0.25) is 5.79 Å². The van der Waals surface area contributed by atoms with Crippen LogP contribution in [0, 0.1) is 23.2 Å². The Morgan fingerprint density at radius 2 is 1.49 bits per heavy atom. The molecule has 5 saturated heterocycles. The van der Waals surface area contributed by atoms with Gasteiger partial charge in [-0.05, 0) is 25.3 Å². The normalized spacial score (nSPS) is 43.3. The van der Waals surface area contributed by atoms with Gasteiger partial charge in [0, 0.05) is 65.5 Å². The summed E-state index contributed by atoms with van der Waals surface area (Å²) in [6.45, 7) is 14.7. The monoisotopic (exact) mass is 840 g/mol. The third-order valence-electron chi connectivity index (χ3n) is 12.6. The number of allylic oxidation sites excluding steroid dienone is 3. The number of fused-ring (bicyclic) bond motifs is 4. The first-order valence-electron chi connectivity index (χ1n) is 20.9. The van der Waals surface area contributed by atoms with Crippen LogP contribution in [0.4, 0.5) is 0 Å². The number of Topliss-reactive ketones (excluding diaryl/α,β-unsaturated/α-hetero) is 1. The summed E-state index contributed by atoms with van der Waals surface area (Å²) < 4.78 is 73.7. The average Bonchev–Trinajstić information content (AvgIpc) is 3.50. The molecule has 0 radical (unpaired) electrons. The molecular weight excluding hydrogens is 772 g/mol. The lowest BCUT2D eigenvalue weighted by Crippen LogP contribution is -2.64. The zero-order chi connectivity index (χ0) is 43.4. The number of cyclic esters (lactones) is 1. The van der Waals surface area contributed by atoms with Crippen molar-refractivity contribution in [1.29, 1.82) is 0 Å². The first-order valence-corrected chi connectivity index (χ1v) is 20.9. The molecule has 1 N–H and O–H groups in total. The average molecular weight is 841 g/mol. The number of esters is 2. The second-order valence-corrected chi connectivity index (χ2v) is 17.5. The molecule has 16 heteroatoms. The molecule has 0 saturated carbocycles. The van der Waals surface area contributed by atoms with Crippen LogP contribution in [-0.2, 0) is 71.2 Å². The van der Waals surface area contributed by atoms with Gasteiger partial charge in [0.25, 0.3) is 0 Å². The molecule has 0 aliphatic carbocycles. The maximum absolute atomic E-state index is 14.1. The highest BCUT2D eigenvalue weighted by molar-refractivity contribution is 5.86. The topological polar surface area (TPSA) is 182 Å². The Morgan fingerprint density at radius 1 is 0.831 bits per heavy atom. The van der Waals surface area contributed by atoms with Crippen LogP contribution in [0.25, 0.3) is 0 Å². The summed E-state index contributed by atoms with van der Waals surface area (Å²) in [5, 5.41) is 11.9. The van der Waals surface area contributed by atoms with Crippen LogP contribution >= 0.6 is 0 Å². The maximum Gasteiger partial charge on any atom is 0.309 e. The van der Waals surface area contributed by atoms with E-state index in [9.17, 15) is 19.5 Å². The molecule has 336 valence electrons. The Kier molecular flexibility index (Phi) is 16.4. The van der Waals surface area contributed by atoms with Crippen molar-refractivity contribution < 1.29 is 76.3 Å². The van der Waals surface area contributed by atoms with Gasteiger partial charge in [0.1, 0.15) is 36.6 Å². The molecule has 17 unspecified atom stereocenters. The van der Waals surface area contributed by atoms with Gasteiger partial charge in [-0.15, -0.1) is 0 Å². The van der Waals surface area contributed by atoms with Gasteiger partial charge in [0.15, 0.2) is 24.5 Å². The molecule has 0 aromatic rings. The number of carbonyl (C=O) groups excluding carboxylic acids is 3. The fourth-order valence-electron chi connectivity index (χ4n) is 8.96. The number of carbonyl (C=O) groups is 3. The van der Waals surface area contributed by atoms with E-state index in [-0.39, 0.29) is 25.9 Å². The second-order valence-electron chi connectivity index (χ2n) is 17.5. The molecule has 5 rings (SSSR count). The van der Waals surface area contributed by atoms with Crippen LogP contribution in [0.5, 0.6) is 0 Å².